The maximum Gasteiger partial charge on any atom is 0.339 e. The summed E-state index contributed by atoms with van der Waals surface area (Å²) in [6.07, 6.45) is -0.908. The van der Waals surface area contributed by atoms with Crippen molar-refractivity contribution >= 4 is 55.1 Å². The molecule has 0 bridgehead atoms. The molecule has 2 aromatic carbocycles. The monoisotopic (exact) mass is 558 g/mol. The lowest BCUT2D eigenvalue weighted by Crippen LogP contribution is -2.29. The summed E-state index contributed by atoms with van der Waals surface area (Å²) in [5.41, 5.74) is 4.46. The molecule has 0 N–H and O–H groups in total. The minimum atomic E-state index is -0.908. The molecular formula is C26H24BrClN2O3S. The van der Waals surface area contributed by atoms with Gasteiger partial charge < -0.3 is 9.47 Å². The number of esters is 1. The number of halogens is 2. The van der Waals surface area contributed by atoms with Gasteiger partial charge in [-0.05, 0) is 85.1 Å². The third kappa shape index (κ3) is 5.18. The predicted octanol–water partition coefficient (Wildman–Crippen LogP) is 7.78. The molecule has 5 nitrogen and oxygen atoms in total. The van der Waals surface area contributed by atoms with Crippen LogP contribution in [0.5, 0.6) is 0 Å². The van der Waals surface area contributed by atoms with E-state index >= 15 is 0 Å². The van der Waals surface area contributed by atoms with Gasteiger partial charge in [-0.3, -0.25) is 0 Å². The summed E-state index contributed by atoms with van der Waals surface area (Å²) in [6.45, 7) is 7.72. The molecule has 176 valence electrons. The molecule has 0 saturated heterocycles. The lowest BCUT2D eigenvalue weighted by Gasteiger charge is -2.28. The van der Waals surface area contributed by atoms with Gasteiger partial charge >= 0.3 is 5.97 Å². The van der Waals surface area contributed by atoms with Crippen LogP contribution in [0.3, 0.4) is 0 Å². The van der Waals surface area contributed by atoms with Gasteiger partial charge in [-0.1, -0.05) is 29.8 Å². The first-order valence-electron chi connectivity index (χ1n) is 10.7. The Morgan fingerprint density at radius 3 is 2.44 bits per heavy atom. The van der Waals surface area contributed by atoms with Crippen LogP contribution in [0.15, 0.2) is 53.1 Å². The topological polar surface area (TPSA) is 61.3 Å². The minimum absolute atomic E-state index is 0.453. The molecule has 0 aliphatic heterocycles. The summed E-state index contributed by atoms with van der Waals surface area (Å²) in [5.74, 6) is -0.453. The number of aromatic nitrogens is 2. The fourth-order valence-electron chi connectivity index (χ4n) is 3.77. The van der Waals surface area contributed by atoms with Crippen molar-refractivity contribution in [1.29, 1.82) is 0 Å². The predicted molar refractivity (Wildman–Crippen MR) is 141 cm³/mol. The van der Waals surface area contributed by atoms with Gasteiger partial charge in [-0.25, -0.2) is 14.8 Å². The second-order valence-electron chi connectivity index (χ2n) is 8.84. The fraction of sp³-hybridized carbons (Fsp3) is 0.269. The number of benzene rings is 2. The first-order valence-corrected chi connectivity index (χ1v) is 12.6. The lowest BCUT2D eigenvalue weighted by atomic mass is 9.91. The highest BCUT2D eigenvalue weighted by Crippen LogP contribution is 2.44. The molecule has 0 fully saturated rings. The van der Waals surface area contributed by atoms with E-state index in [9.17, 15) is 4.79 Å². The van der Waals surface area contributed by atoms with Gasteiger partial charge in [0, 0.05) is 16.1 Å². The van der Waals surface area contributed by atoms with Crippen molar-refractivity contribution in [2.75, 3.05) is 7.11 Å². The molecule has 4 aromatic rings. The Bertz CT molecular complexity index is 1360. The van der Waals surface area contributed by atoms with Gasteiger partial charge in [0.2, 0.25) is 0 Å². The molecular weight excluding hydrogens is 536 g/mol. The van der Waals surface area contributed by atoms with Crippen molar-refractivity contribution in [1.82, 2.24) is 9.97 Å². The average Bonchev–Trinajstić information content (AvgIpc) is 3.20. The largest absolute Gasteiger partial charge is 0.467 e. The SMILES string of the molecule is COC(=O)[C@@H](OC(C)(C)C)c1c(C)cc2nc(-c3cccc(Br)n3)sc2c1-c1ccc(Cl)cc1. The van der Waals surface area contributed by atoms with Gasteiger partial charge in [0.1, 0.15) is 15.3 Å². The highest BCUT2D eigenvalue weighted by atomic mass is 79.9. The van der Waals surface area contributed by atoms with Crippen molar-refractivity contribution in [2.24, 2.45) is 0 Å². The number of carbonyl (C=O) groups excluding carboxylic acids is 1. The standard InChI is InChI=1S/C26H24BrClN2O3S/c1-14-13-18-23(34-24(30-18)17-7-6-8-19(27)29-17)21(15-9-11-16(28)12-10-15)20(14)22(25(31)32-5)33-26(2,3)4/h6-13,22H,1-5H3/t22-/m0/s1. The number of fused-ring (bicyclic) bond motifs is 1. The second kappa shape index (κ2) is 9.74. The number of hydrogen-bond donors (Lipinski definition) is 0. The van der Waals surface area contributed by atoms with Gasteiger partial charge in [-0.2, -0.15) is 0 Å². The van der Waals surface area contributed by atoms with E-state index in [0.717, 1.165) is 47.8 Å². The zero-order valence-corrected chi connectivity index (χ0v) is 22.6. The van der Waals surface area contributed by atoms with Crippen LogP contribution in [0, 0.1) is 6.92 Å². The summed E-state index contributed by atoms with van der Waals surface area (Å²) in [6, 6.07) is 15.3. The quantitative estimate of drug-likeness (QED) is 0.185. The molecule has 2 aromatic heterocycles. The van der Waals surface area contributed by atoms with Crippen molar-refractivity contribution in [3.05, 3.63) is 69.3 Å². The molecule has 0 aliphatic rings. The number of ether oxygens (including phenoxy) is 2. The molecule has 0 spiro atoms. The Morgan fingerprint density at radius 2 is 1.82 bits per heavy atom. The van der Waals surface area contributed by atoms with Gasteiger partial charge in [0.05, 0.1) is 22.9 Å². The van der Waals surface area contributed by atoms with Crippen molar-refractivity contribution in [3.63, 3.8) is 0 Å². The van der Waals surface area contributed by atoms with Gasteiger partial charge in [0.25, 0.3) is 0 Å². The van der Waals surface area contributed by atoms with Crippen LogP contribution in [-0.2, 0) is 14.3 Å². The van der Waals surface area contributed by atoms with Crippen LogP contribution in [0.25, 0.3) is 32.0 Å². The molecule has 0 unspecified atom stereocenters. The third-order valence-corrected chi connectivity index (χ3v) is 6.95. The Balaban J connectivity index is 2.04. The van der Waals surface area contributed by atoms with E-state index in [-0.39, 0.29) is 0 Å². The van der Waals surface area contributed by atoms with Crippen molar-refractivity contribution < 1.29 is 14.3 Å². The van der Waals surface area contributed by atoms with Crippen LogP contribution in [-0.4, -0.2) is 28.6 Å². The molecule has 2 heterocycles. The molecule has 0 amide bonds. The Morgan fingerprint density at radius 1 is 1.12 bits per heavy atom. The number of rotatable bonds is 5. The molecule has 0 aliphatic carbocycles. The number of pyridine rings is 1. The molecule has 1 atom stereocenters. The van der Waals surface area contributed by atoms with Crippen LogP contribution in [0.2, 0.25) is 5.02 Å². The van der Waals surface area contributed by atoms with Crippen LogP contribution in [0.4, 0.5) is 0 Å². The van der Waals surface area contributed by atoms with Crippen molar-refractivity contribution in [3.8, 4) is 21.8 Å². The number of methoxy groups -OCH3 is 1. The van der Waals surface area contributed by atoms with Crippen LogP contribution < -0.4 is 0 Å². The third-order valence-electron chi connectivity index (χ3n) is 5.14. The van der Waals surface area contributed by atoms with E-state index in [1.807, 2.05) is 76.2 Å². The number of hydrogen-bond acceptors (Lipinski definition) is 6. The highest BCUT2D eigenvalue weighted by molar-refractivity contribution is 9.10. The van der Waals surface area contributed by atoms with Crippen LogP contribution >= 0.6 is 38.9 Å². The summed E-state index contributed by atoms with van der Waals surface area (Å²) in [4.78, 5) is 22.4. The molecule has 4 rings (SSSR count). The number of carbonyl (C=O) groups is 1. The van der Waals surface area contributed by atoms with E-state index in [1.54, 1.807) is 0 Å². The minimum Gasteiger partial charge on any atom is -0.467 e. The summed E-state index contributed by atoms with van der Waals surface area (Å²) in [5, 5.41) is 1.42. The Kier molecular flexibility index (Phi) is 7.10. The Labute approximate surface area is 216 Å². The first kappa shape index (κ1) is 24.8. The van der Waals surface area contributed by atoms with Gasteiger partial charge in [0.15, 0.2) is 6.10 Å². The second-order valence-corrected chi connectivity index (χ2v) is 11.1. The first-order chi connectivity index (χ1) is 16.1. The smallest absolute Gasteiger partial charge is 0.339 e. The van der Waals surface area contributed by atoms with E-state index in [4.69, 9.17) is 26.1 Å². The fourth-order valence-corrected chi connectivity index (χ4v) is 5.34. The maximum atomic E-state index is 13.0. The molecule has 8 heteroatoms. The molecule has 0 radical (unpaired) electrons. The zero-order chi connectivity index (χ0) is 24.6. The Hall–Kier alpha value is -2.32. The molecule has 0 saturated carbocycles. The van der Waals surface area contributed by atoms with Crippen molar-refractivity contribution in [2.45, 2.75) is 39.4 Å². The zero-order valence-electron chi connectivity index (χ0n) is 19.5. The van der Waals surface area contributed by atoms with E-state index in [2.05, 4.69) is 20.9 Å². The normalized spacial score (nSPS) is 12.7. The molecule has 34 heavy (non-hydrogen) atoms. The van der Waals surface area contributed by atoms with Gasteiger partial charge in [-0.15, -0.1) is 11.3 Å². The number of thiazole rings is 1. The van der Waals surface area contributed by atoms with E-state index in [0.29, 0.717) is 5.02 Å². The summed E-state index contributed by atoms with van der Waals surface area (Å²) < 4.78 is 13.1. The van der Waals surface area contributed by atoms with Crippen LogP contribution in [0.1, 0.15) is 38.0 Å². The van der Waals surface area contributed by atoms with E-state index < -0.39 is 17.7 Å². The number of aryl methyl sites for hydroxylation is 1. The van der Waals surface area contributed by atoms with E-state index in [1.165, 1.54) is 18.4 Å². The lowest BCUT2D eigenvalue weighted by molar-refractivity contribution is -0.164. The highest BCUT2D eigenvalue weighted by Gasteiger charge is 2.33. The maximum absolute atomic E-state index is 13.0. The summed E-state index contributed by atoms with van der Waals surface area (Å²) >= 11 is 11.2. The average molecular weight is 560 g/mol. The number of nitrogens with zero attached hydrogens (tertiary/aromatic N) is 2. The summed E-state index contributed by atoms with van der Waals surface area (Å²) in [7, 11) is 1.38.